The van der Waals surface area contributed by atoms with Crippen LogP contribution in [0, 0.1) is 16.0 Å². The Labute approximate surface area is 194 Å². The van der Waals surface area contributed by atoms with Crippen molar-refractivity contribution in [2.75, 3.05) is 30.0 Å². The molecule has 2 amide bonds. The predicted molar refractivity (Wildman–Crippen MR) is 120 cm³/mol. The second kappa shape index (κ2) is 11.0. The van der Waals surface area contributed by atoms with Crippen molar-refractivity contribution in [1.82, 2.24) is 0 Å². The fraction of sp³-hybridized carbons (Fsp3) is 0.304. The van der Waals surface area contributed by atoms with Crippen LogP contribution in [0.2, 0.25) is 0 Å². The first-order valence-corrected chi connectivity index (χ1v) is 10.6. The van der Waals surface area contributed by atoms with Gasteiger partial charge in [0.15, 0.2) is 6.61 Å². The van der Waals surface area contributed by atoms with Gasteiger partial charge in [-0.15, -0.1) is 0 Å². The van der Waals surface area contributed by atoms with E-state index in [1.54, 1.807) is 24.3 Å². The van der Waals surface area contributed by atoms with Crippen LogP contribution in [0.5, 0.6) is 0 Å². The van der Waals surface area contributed by atoms with Gasteiger partial charge in [-0.2, -0.15) is 0 Å². The van der Waals surface area contributed by atoms with Crippen molar-refractivity contribution in [1.29, 1.82) is 0 Å². The van der Waals surface area contributed by atoms with Crippen LogP contribution in [0.15, 0.2) is 48.5 Å². The second-order valence-corrected chi connectivity index (χ2v) is 7.55. The lowest BCUT2D eigenvalue weighted by atomic mass is 10.1. The fourth-order valence-electron chi connectivity index (χ4n) is 3.32. The molecule has 1 N–H and O–H groups in total. The third-order valence-electron chi connectivity index (χ3n) is 5.00. The van der Waals surface area contributed by atoms with Crippen LogP contribution >= 0.6 is 0 Å². The summed E-state index contributed by atoms with van der Waals surface area (Å²) in [6.45, 7) is 1.68. The minimum Gasteiger partial charge on any atom is -0.462 e. The monoisotopic (exact) mass is 469 g/mol. The molecule has 178 valence electrons. The zero-order valence-electron chi connectivity index (χ0n) is 18.4. The zero-order valence-corrected chi connectivity index (χ0v) is 18.4. The highest BCUT2D eigenvalue weighted by Gasteiger charge is 2.36. The van der Waals surface area contributed by atoms with Crippen molar-refractivity contribution in [3.63, 3.8) is 0 Å². The lowest BCUT2D eigenvalue weighted by molar-refractivity contribution is -0.384. The number of nitrogens with one attached hydrogen (secondary N) is 1. The van der Waals surface area contributed by atoms with Crippen LogP contribution in [0.1, 0.15) is 30.1 Å². The van der Waals surface area contributed by atoms with E-state index in [9.17, 15) is 29.3 Å². The molecule has 1 aliphatic heterocycles. The first kappa shape index (κ1) is 24.4. The number of anilines is 2. The molecule has 0 bridgehead atoms. The average molecular weight is 469 g/mol. The number of hydrogen-bond donors (Lipinski definition) is 1. The molecule has 0 aliphatic carbocycles. The second-order valence-electron chi connectivity index (χ2n) is 7.55. The van der Waals surface area contributed by atoms with E-state index >= 15 is 0 Å². The zero-order chi connectivity index (χ0) is 24.7. The maximum Gasteiger partial charge on any atom is 0.338 e. The van der Waals surface area contributed by atoms with Crippen molar-refractivity contribution in [3.8, 4) is 0 Å². The van der Waals surface area contributed by atoms with E-state index in [0.717, 1.165) is 0 Å². The number of amides is 2. The van der Waals surface area contributed by atoms with Gasteiger partial charge in [-0.1, -0.05) is 13.0 Å². The van der Waals surface area contributed by atoms with Crippen molar-refractivity contribution in [2.24, 2.45) is 5.92 Å². The summed E-state index contributed by atoms with van der Waals surface area (Å²) in [6, 6.07) is 11.6. The molecule has 0 radical (unpaired) electrons. The van der Waals surface area contributed by atoms with Crippen molar-refractivity contribution < 1.29 is 33.6 Å². The minimum atomic E-state index is -0.757. The molecule has 34 heavy (non-hydrogen) atoms. The van der Waals surface area contributed by atoms with Gasteiger partial charge in [-0.05, 0) is 36.8 Å². The smallest absolute Gasteiger partial charge is 0.338 e. The van der Waals surface area contributed by atoms with Gasteiger partial charge in [0.05, 0.1) is 23.0 Å². The fourth-order valence-corrected chi connectivity index (χ4v) is 3.32. The van der Waals surface area contributed by atoms with Gasteiger partial charge in [-0.25, -0.2) is 4.79 Å². The number of ether oxygens (including phenoxy) is 2. The quantitative estimate of drug-likeness (QED) is 0.335. The van der Waals surface area contributed by atoms with E-state index in [4.69, 9.17) is 9.47 Å². The van der Waals surface area contributed by atoms with Crippen LogP contribution in [0.25, 0.3) is 0 Å². The summed E-state index contributed by atoms with van der Waals surface area (Å²) in [4.78, 5) is 60.4. The van der Waals surface area contributed by atoms with Crippen LogP contribution < -0.4 is 10.2 Å². The van der Waals surface area contributed by atoms with Gasteiger partial charge >= 0.3 is 11.9 Å². The number of non-ortho nitro benzene ring substituents is 1. The first-order chi connectivity index (χ1) is 16.3. The third kappa shape index (κ3) is 6.15. The van der Waals surface area contributed by atoms with E-state index in [0.29, 0.717) is 24.3 Å². The summed E-state index contributed by atoms with van der Waals surface area (Å²) in [7, 11) is 0. The molecular weight excluding hydrogens is 446 g/mol. The number of nitro benzene ring substituents is 1. The van der Waals surface area contributed by atoms with Crippen molar-refractivity contribution >= 4 is 40.8 Å². The van der Waals surface area contributed by atoms with Crippen LogP contribution in [-0.4, -0.2) is 48.4 Å². The normalized spacial score (nSPS) is 15.0. The Morgan fingerprint density at radius 2 is 1.88 bits per heavy atom. The van der Waals surface area contributed by atoms with Crippen LogP contribution in [0.4, 0.5) is 17.1 Å². The van der Waals surface area contributed by atoms with E-state index < -0.39 is 35.3 Å². The molecule has 0 spiro atoms. The Bertz CT molecular complexity index is 1100. The number of rotatable bonds is 9. The van der Waals surface area contributed by atoms with Crippen LogP contribution in [-0.2, 0) is 23.9 Å². The van der Waals surface area contributed by atoms with Crippen molar-refractivity contribution in [2.45, 2.75) is 19.8 Å². The molecule has 1 fully saturated rings. The molecule has 0 saturated carbocycles. The molecule has 3 rings (SSSR count). The minimum absolute atomic E-state index is 0.0732. The summed E-state index contributed by atoms with van der Waals surface area (Å²) in [6.07, 6.45) is 0.631. The number of esters is 2. The van der Waals surface area contributed by atoms with E-state index in [1.807, 2.05) is 6.92 Å². The molecule has 0 aromatic heterocycles. The van der Waals surface area contributed by atoms with Gasteiger partial charge < -0.3 is 19.7 Å². The number of carbonyl (C=O) groups is 4. The highest BCUT2D eigenvalue weighted by Crippen LogP contribution is 2.26. The first-order valence-electron chi connectivity index (χ1n) is 10.6. The molecule has 1 heterocycles. The molecular formula is C23H23N3O8. The Morgan fingerprint density at radius 1 is 1.15 bits per heavy atom. The maximum atomic E-state index is 12.4. The lowest BCUT2D eigenvalue weighted by Crippen LogP contribution is -2.28. The Hall–Kier alpha value is -4.28. The summed E-state index contributed by atoms with van der Waals surface area (Å²) in [5.74, 6) is -2.87. The molecule has 1 atom stereocenters. The molecule has 1 aliphatic rings. The summed E-state index contributed by atoms with van der Waals surface area (Å²) < 4.78 is 10.1. The molecule has 11 nitrogen and oxygen atoms in total. The summed E-state index contributed by atoms with van der Waals surface area (Å²) in [5.41, 5.74) is 0.884. The Kier molecular flexibility index (Phi) is 7.91. The van der Waals surface area contributed by atoms with E-state index in [1.165, 1.54) is 29.2 Å². The third-order valence-corrected chi connectivity index (χ3v) is 5.00. The summed E-state index contributed by atoms with van der Waals surface area (Å²) in [5, 5.41) is 13.2. The van der Waals surface area contributed by atoms with Gasteiger partial charge in [0.1, 0.15) is 0 Å². The average Bonchev–Trinajstić information content (AvgIpc) is 3.22. The number of nitro groups is 1. The molecule has 2 aromatic rings. The Balaban J connectivity index is 1.51. The number of hydrogen-bond acceptors (Lipinski definition) is 8. The number of nitrogens with zero attached hydrogens (tertiary/aromatic N) is 2. The van der Waals surface area contributed by atoms with Crippen molar-refractivity contribution in [3.05, 3.63) is 64.2 Å². The Morgan fingerprint density at radius 3 is 2.56 bits per heavy atom. The number of carbonyl (C=O) groups excluding carboxylic acids is 4. The van der Waals surface area contributed by atoms with E-state index in [2.05, 4.69) is 5.32 Å². The standard InChI is InChI=1S/C23H23N3O8/c1-2-10-33-22(29)15-6-8-18(9-7-15)25-13-16(11-21(25)28)23(30)34-14-20(27)24-17-4-3-5-19(12-17)26(31)32/h3-9,12,16H,2,10-11,13-14H2,1H3,(H,24,27)/t16-/m1/s1. The van der Waals surface area contributed by atoms with Crippen LogP contribution in [0.3, 0.4) is 0 Å². The molecule has 2 aromatic carbocycles. The highest BCUT2D eigenvalue weighted by atomic mass is 16.6. The number of benzene rings is 2. The van der Waals surface area contributed by atoms with Gasteiger partial charge in [0.25, 0.3) is 11.6 Å². The largest absolute Gasteiger partial charge is 0.462 e. The molecule has 11 heteroatoms. The highest BCUT2D eigenvalue weighted by molar-refractivity contribution is 6.00. The van der Waals surface area contributed by atoms with E-state index in [-0.39, 0.29) is 30.2 Å². The topological polar surface area (TPSA) is 145 Å². The van der Waals surface area contributed by atoms with Gasteiger partial charge in [-0.3, -0.25) is 24.5 Å². The molecule has 0 unspecified atom stereocenters. The summed E-state index contributed by atoms with van der Waals surface area (Å²) >= 11 is 0. The predicted octanol–water partition coefficient (Wildman–Crippen LogP) is 2.70. The lowest BCUT2D eigenvalue weighted by Gasteiger charge is -2.17. The van der Waals surface area contributed by atoms with Gasteiger partial charge in [0.2, 0.25) is 5.91 Å². The maximum absolute atomic E-state index is 12.4. The SMILES string of the molecule is CCCOC(=O)c1ccc(N2C[C@H](C(=O)OCC(=O)Nc3cccc([N+](=O)[O-])c3)CC2=O)cc1. The van der Waals surface area contributed by atoms with Gasteiger partial charge in [0, 0.05) is 36.5 Å². The molecule has 1 saturated heterocycles.